The van der Waals surface area contributed by atoms with Crippen molar-refractivity contribution in [3.05, 3.63) is 48.1 Å². The average molecular weight is 263 g/mol. The topological polar surface area (TPSA) is 0 Å². The fourth-order valence-electron chi connectivity index (χ4n) is 0.886. The summed E-state index contributed by atoms with van der Waals surface area (Å²) in [6.45, 7) is 9.84. The quantitative estimate of drug-likeness (QED) is 0.495. The molecule has 1 aliphatic rings. The monoisotopic (exact) mass is 264 g/mol. The van der Waals surface area contributed by atoms with E-state index in [4.69, 9.17) is 0 Å². The molecule has 0 saturated heterocycles. The molecule has 1 heteroatoms. The van der Waals surface area contributed by atoms with Crippen molar-refractivity contribution >= 4 is 0 Å². The second kappa shape index (κ2) is 9.67. The van der Waals surface area contributed by atoms with Crippen LogP contribution in [0.3, 0.4) is 0 Å². The van der Waals surface area contributed by atoms with Crippen molar-refractivity contribution in [2.24, 2.45) is 0 Å². The molecule has 0 saturated carbocycles. The predicted molar refractivity (Wildman–Crippen MR) is 57.1 cm³/mol. The molecule has 0 aliphatic heterocycles. The van der Waals surface area contributed by atoms with E-state index in [2.05, 4.69) is 50.8 Å². The van der Waals surface area contributed by atoms with E-state index in [1.54, 1.807) is 0 Å². The molecule has 0 nitrogen and oxygen atoms in total. The molecule has 74 valence electrons. The standard InChI is InChI=1S/C7H12.C5H6.Ru/c1-6(2)5-7(3)4;1-2-4-5-3-1;/h5H,1H2,2-4H3;1-4H,5H2;. The van der Waals surface area contributed by atoms with Gasteiger partial charge in [-0.25, -0.2) is 0 Å². The van der Waals surface area contributed by atoms with Crippen LogP contribution in [-0.4, -0.2) is 0 Å². The first-order valence-electron chi connectivity index (χ1n) is 4.25. The van der Waals surface area contributed by atoms with Crippen LogP contribution >= 0.6 is 0 Å². The Balaban J connectivity index is 0. The van der Waals surface area contributed by atoms with Gasteiger partial charge in [0.1, 0.15) is 0 Å². The third-order valence-corrected chi connectivity index (χ3v) is 1.19. The summed E-state index contributed by atoms with van der Waals surface area (Å²) in [6, 6.07) is 0. The minimum Gasteiger partial charge on any atom is -0.0961 e. The van der Waals surface area contributed by atoms with Gasteiger partial charge in [-0.2, -0.15) is 0 Å². The van der Waals surface area contributed by atoms with Crippen molar-refractivity contribution in [2.75, 3.05) is 0 Å². The van der Waals surface area contributed by atoms with Gasteiger partial charge >= 0.3 is 0 Å². The average Bonchev–Trinajstić information content (AvgIpc) is 2.36. The summed E-state index contributed by atoms with van der Waals surface area (Å²) in [5.41, 5.74) is 2.44. The number of hydrogen-bond donors (Lipinski definition) is 0. The number of rotatable bonds is 1. The van der Waals surface area contributed by atoms with Crippen molar-refractivity contribution in [2.45, 2.75) is 27.2 Å². The first-order chi connectivity index (χ1) is 5.63. The third-order valence-electron chi connectivity index (χ3n) is 1.19. The van der Waals surface area contributed by atoms with Gasteiger partial charge in [-0.3, -0.25) is 0 Å². The molecule has 0 heterocycles. The Bertz CT molecular complexity index is 205. The first kappa shape index (κ1) is 15.1. The van der Waals surface area contributed by atoms with E-state index in [1.165, 1.54) is 5.57 Å². The van der Waals surface area contributed by atoms with Gasteiger partial charge in [0.2, 0.25) is 0 Å². The van der Waals surface area contributed by atoms with Crippen molar-refractivity contribution in [1.29, 1.82) is 0 Å². The van der Waals surface area contributed by atoms with Crippen molar-refractivity contribution in [3.8, 4) is 0 Å². The second-order valence-electron chi connectivity index (χ2n) is 3.16. The minimum atomic E-state index is 0. The summed E-state index contributed by atoms with van der Waals surface area (Å²) < 4.78 is 0. The Morgan fingerprint density at radius 2 is 1.62 bits per heavy atom. The summed E-state index contributed by atoms with van der Waals surface area (Å²) in [4.78, 5) is 0. The van der Waals surface area contributed by atoms with E-state index in [9.17, 15) is 0 Å². The van der Waals surface area contributed by atoms with Crippen LogP contribution in [0.15, 0.2) is 48.1 Å². The molecule has 1 aliphatic carbocycles. The van der Waals surface area contributed by atoms with Crippen LogP contribution in [0.2, 0.25) is 0 Å². The van der Waals surface area contributed by atoms with Gasteiger partial charge in [-0.1, -0.05) is 48.1 Å². The largest absolute Gasteiger partial charge is 0.0961 e. The fourth-order valence-corrected chi connectivity index (χ4v) is 0.886. The van der Waals surface area contributed by atoms with E-state index in [0.29, 0.717) is 0 Å². The Morgan fingerprint density at radius 1 is 1.15 bits per heavy atom. The number of allylic oxidation sites excluding steroid dienone is 7. The van der Waals surface area contributed by atoms with E-state index >= 15 is 0 Å². The summed E-state index contributed by atoms with van der Waals surface area (Å²) in [6.07, 6.45) is 11.6. The second-order valence-corrected chi connectivity index (χ2v) is 3.16. The molecule has 0 unspecified atom stereocenters. The third kappa shape index (κ3) is 14.4. The maximum Gasteiger partial charge on any atom is 0 e. The van der Waals surface area contributed by atoms with Crippen LogP contribution in [0.4, 0.5) is 0 Å². The maximum atomic E-state index is 3.72. The van der Waals surface area contributed by atoms with E-state index in [0.717, 1.165) is 12.0 Å². The molecule has 0 aromatic heterocycles. The zero-order chi connectivity index (χ0) is 9.40. The van der Waals surface area contributed by atoms with Crippen molar-refractivity contribution < 1.29 is 19.5 Å². The molecule has 13 heavy (non-hydrogen) atoms. The van der Waals surface area contributed by atoms with Crippen molar-refractivity contribution in [1.82, 2.24) is 0 Å². The van der Waals surface area contributed by atoms with Crippen LogP contribution in [0, 0.1) is 0 Å². The molecular formula is C12H18Ru. The Hall–Kier alpha value is -0.417. The van der Waals surface area contributed by atoms with Gasteiger partial charge in [0, 0.05) is 19.5 Å². The SMILES string of the molecule is C1=CCC=C1.C=C(C)C=C(C)C.[Ru]. The summed E-state index contributed by atoms with van der Waals surface area (Å²) in [5.74, 6) is 0. The summed E-state index contributed by atoms with van der Waals surface area (Å²) in [7, 11) is 0. The molecule has 0 N–H and O–H groups in total. The molecule has 0 aromatic carbocycles. The van der Waals surface area contributed by atoms with Crippen LogP contribution in [-0.2, 0) is 19.5 Å². The van der Waals surface area contributed by atoms with E-state index in [-0.39, 0.29) is 19.5 Å². The molecular weight excluding hydrogens is 245 g/mol. The molecule has 0 amide bonds. The van der Waals surface area contributed by atoms with Gasteiger partial charge in [0.25, 0.3) is 0 Å². The van der Waals surface area contributed by atoms with Crippen LogP contribution in [0.25, 0.3) is 0 Å². The Morgan fingerprint density at radius 3 is 1.69 bits per heavy atom. The summed E-state index contributed by atoms with van der Waals surface area (Å²) >= 11 is 0. The maximum absolute atomic E-state index is 3.72. The van der Waals surface area contributed by atoms with Gasteiger partial charge < -0.3 is 0 Å². The molecule has 0 atom stereocenters. The molecule has 0 aromatic rings. The Labute approximate surface area is 94.9 Å². The molecule has 0 radical (unpaired) electrons. The van der Waals surface area contributed by atoms with E-state index in [1.807, 2.05) is 6.92 Å². The fraction of sp³-hybridized carbons (Fsp3) is 0.333. The zero-order valence-corrected chi connectivity index (χ0v) is 10.4. The normalized spacial score (nSPS) is 11.0. The van der Waals surface area contributed by atoms with E-state index < -0.39 is 0 Å². The van der Waals surface area contributed by atoms with Gasteiger partial charge in [-0.05, 0) is 27.2 Å². The Kier molecular flexibility index (Phi) is 11.2. The van der Waals surface area contributed by atoms with Gasteiger partial charge in [-0.15, -0.1) is 0 Å². The van der Waals surface area contributed by atoms with Gasteiger partial charge in [0.15, 0.2) is 0 Å². The molecule has 1 rings (SSSR count). The zero-order valence-electron chi connectivity index (χ0n) is 8.65. The molecule has 0 fully saturated rings. The first-order valence-corrected chi connectivity index (χ1v) is 4.25. The van der Waals surface area contributed by atoms with Crippen LogP contribution < -0.4 is 0 Å². The summed E-state index contributed by atoms with van der Waals surface area (Å²) in [5, 5.41) is 0. The number of hydrogen-bond acceptors (Lipinski definition) is 0. The molecule has 0 spiro atoms. The van der Waals surface area contributed by atoms with Crippen molar-refractivity contribution in [3.63, 3.8) is 0 Å². The van der Waals surface area contributed by atoms with Crippen LogP contribution in [0.5, 0.6) is 0 Å². The minimum absolute atomic E-state index is 0. The molecule has 0 bridgehead atoms. The predicted octanol–water partition coefficient (Wildman–Crippen LogP) is 4.03. The smallest absolute Gasteiger partial charge is 0 e. The van der Waals surface area contributed by atoms with Crippen LogP contribution in [0.1, 0.15) is 27.2 Å². The van der Waals surface area contributed by atoms with Gasteiger partial charge in [0.05, 0.1) is 0 Å².